The van der Waals surface area contributed by atoms with E-state index in [1.807, 2.05) is 38.1 Å². The second-order valence-corrected chi connectivity index (χ2v) is 5.77. The Bertz CT molecular complexity index is 638. The van der Waals surface area contributed by atoms with Crippen molar-refractivity contribution in [1.29, 1.82) is 0 Å². The molecular weight excluding hydrogens is 343 g/mol. The topological polar surface area (TPSA) is 12.0 Å². The number of nitrogens with one attached hydrogen (secondary N) is 1. The lowest BCUT2D eigenvalue weighted by atomic mass is 10.0. The van der Waals surface area contributed by atoms with E-state index in [4.69, 9.17) is 0 Å². The molecule has 5 heteroatoms. The highest BCUT2D eigenvalue weighted by atomic mass is 79.9. The molecule has 1 N–H and O–H groups in total. The molecule has 0 amide bonds. The molecule has 0 bridgehead atoms. The first-order valence-electron chi connectivity index (χ1n) is 6.48. The molecule has 1 unspecified atom stereocenters. The minimum atomic E-state index is -4.33. The zero-order valence-corrected chi connectivity index (χ0v) is 13.2. The van der Waals surface area contributed by atoms with Gasteiger partial charge in [0.15, 0.2) is 0 Å². The molecule has 2 aromatic carbocycles. The summed E-state index contributed by atoms with van der Waals surface area (Å²) in [6, 6.07) is 11.5. The monoisotopic (exact) mass is 357 g/mol. The van der Waals surface area contributed by atoms with Crippen LogP contribution in [-0.4, -0.2) is 0 Å². The maximum absolute atomic E-state index is 12.6. The van der Waals surface area contributed by atoms with Crippen molar-refractivity contribution in [2.45, 2.75) is 26.1 Å². The van der Waals surface area contributed by atoms with Gasteiger partial charge in [0, 0.05) is 16.2 Å². The molecule has 21 heavy (non-hydrogen) atoms. The van der Waals surface area contributed by atoms with Crippen LogP contribution < -0.4 is 5.32 Å². The van der Waals surface area contributed by atoms with Crippen LogP contribution in [0.15, 0.2) is 46.9 Å². The van der Waals surface area contributed by atoms with Gasteiger partial charge in [-0.15, -0.1) is 0 Å². The van der Waals surface area contributed by atoms with E-state index < -0.39 is 11.7 Å². The van der Waals surface area contributed by atoms with Crippen molar-refractivity contribution in [2.75, 3.05) is 5.32 Å². The standard InChI is InChI=1S/C16H15BrF3N/c1-10-5-3-4-6-13(10)11(2)21-15-8-7-12(9-14(15)17)16(18,19)20/h3-9,11,21H,1-2H3. The SMILES string of the molecule is Cc1ccccc1C(C)Nc1ccc(C(F)(F)F)cc1Br. The number of rotatable bonds is 3. The number of anilines is 1. The molecule has 112 valence electrons. The van der Waals surface area contributed by atoms with Crippen molar-refractivity contribution in [3.8, 4) is 0 Å². The molecule has 0 heterocycles. The summed E-state index contributed by atoms with van der Waals surface area (Å²) < 4.78 is 38.3. The first-order chi connectivity index (χ1) is 9.79. The maximum atomic E-state index is 12.6. The molecule has 0 saturated heterocycles. The Morgan fingerprint density at radius 1 is 1.10 bits per heavy atom. The number of hydrogen-bond donors (Lipinski definition) is 1. The second-order valence-electron chi connectivity index (χ2n) is 4.91. The Morgan fingerprint density at radius 2 is 1.76 bits per heavy atom. The van der Waals surface area contributed by atoms with Crippen molar-refractivity contribution in [2.24, 2.45) is 0 Å². The van der Waals surface area contributed by atoms with Gasteiger partial charge < -0.3 is 5.32 Å². The molecule has 0 radical (unpaired) electrons. The van der Waals surface area contributed by atoms with E-state index in [-0.39, 0.29) is 6.04 Å². The van der Waals surface area contributed by atoms with E-state index in [0.717, 1.165) is 23.3 Å². The zero-order valence-electron chi connectivity index (χ0n) is 11.6. The van der Waals surface area contributed by atoms with Crippen LogP contribution in [0.4, 0.5) is 18.9 Å². The van der Waals surface area contributed by atoms with Gasteiger partial charge in [0.2, 0.25) is 0 Å². The summed E-state index contributed by atoms with van der Waals surface area (Å²) in [6.07, 6.45) is -4.33. The molecule has 0 aliphatic carbocycles. The lowest BCUT2D eigenvalue weighted by Gasteiger charge is -2.19. The van der Waals surface area contributed by atoms with E-state index in [1.165, 1.54) is 6.07 Å². The molecule has 0 saturated carbocycles. The van der Waals surface area contributed by atoms with E-state index in [2.05, 4.69) is 21.2 Å². The third-order valence-electron chi connectivity index (χ3n) is 3.32. The molecule has 1 atom stereocenters. The Morgan fingerprint density at radius 3 is 2.33 bits per heavy atom. The highest BCUT2D eigenvalue weighted by Crippen LogP contribution is 2.35. The van der Waals surface area contributed by atoms with E-state index in [9.17, 15) is 13.2 Å². The highest BCUT2D eigenvalue weighted by Gasteiger charge is 2.30. The van der Waals surface area contributed by atoms with Gasteiger partial charge in [-0.2, -0.15) is 13.2 Å². The summed E-state index contributed by atoms with van der Waals surface area (Å²) in [7, 11) is 0. The molecular formula is C16H15BrF3N. The van der Waals surface area contributed by atoms with E-state index in [0.29, 0.717) is 10.2 Å². The molecule has 0 spiro atoms. The van der Waals surface area contributed by atoms with Crippen LogP contribution in [-0.2, 0) is 6.18 Å². The first kappa shape index (κ1) is 15.9. The summed E-state index contributed by atoms with van der Waals surface area (Å²) >= 11 is 3.20. The van der Waals surface area contributed by atoms with E-state index in [1.54, 1.807) is 0 Å². The normalized spacial score (nSPS) is 13.0. The summed E-state index contributed by atoms with van der Waals surface area (Å²) in [6.45, 7) is 3.99. The molecule has 0 aromatic heterocycles. The largest absolute Gasteiger partial charge is 0.416 e. The van der Waals surface area contributed by atoms with Crippen LogP contribution in [0.1, 0.15) is 29.7 Å². The zero-order chi connectivity index (χ0) is 15.6. The van der Waals surface area contributed by atoms with Crippen molar-refractivity contribution in [1.82, 2.24) is 0 Å². The van der Waals surface area contributed by atoms with Crippen LogP contribution in [0.5, 0.6) is 0 Å². The van der Waals surface area contributed by atoms with Crippen molar-refractivity contribution >= 4 is 21.6 Å². The highest BCUT2D eigenvalue weighted by molar-refractivity contribution is 9.10. The van der Waals surface area contributed by atoms with Crippen LogP contribution >= 0.6 is 15.9 Å². The van der Waals surface area contributed by atoms with Gasteiger partial charge in [0.1, 0.15) is 0 Å². The Kier molecular flexibility index (Phi) is 4.61. The van der Waals surface area contributed by atoms with Crippen LogP contribution in [0, 0.1) is 6.92 Å². The lowest BCUT2D eigenvalue weighted by Crippen LogP contribution is -2.10. The van der Waals surface area contributed by atoms with Gasteiger partial charge in [-0.25, -0.2) is 0 Å². The fourth-order valence-corrected chi connectivity index (χ4v) is 2.69. The van der Waals surface area contributed by atoms with Gasteiger partial charge in [-0.3, -0.25) is 0 Å². The van der Waals surface area contributed by atoms with Crippen LogP contribution in [0.25, 0.3) is 0 Å². The van der Waals surface area contributed by atoms with Crippen molar-refractivity contribution < 1.29 is 13.2 Å². The van der Waals surface area contributed by atoms with Gasteiger partial charge in [-0.1, -0.05) is 24.3 Å². The average Bonchev–Trinajstić information content (AvgIpc) is 2.40. The predicted molar refractivity (Wildman–Crippen MR) is 82.4 cm³/mol. The predicted octanol–water partition coefficient (Wildman–Crippen LogP) is 5.95. The number of halogens is 4. The Hall–Kier alpha value is -1.49. The van der Waals surface area contributed by atoms with E-state index >= 15 is 0 Å². The third-order valence-corrected chi connectivity index (χ3v) is 3.98. The molecule has 2 rings (SSSR count). The lowest BCUT2D eigenvalue weighted by molar-refractivity contribution is -0.137. The van der Waals surface area contributed by atoms with Crippen molar-refractivity contribution in [3.05, 3.63) is 63.6 Å². The molecule has 0 aliphatic heterocycles. The third kappa shape index (κ3) is 3.79. The number of hydrogen-bond acceptors (Lipinski definition) is 1. The summed E-state index contributed by atoms with van der Waals surface area (Å²) in [4.78, 5) is 0. The van der Waals surface area contributed by atoms with Crippen LogP contribution in [0.3, 0.4) is 0 Å². The second kappa shape index (κ2) is 6.10. The minimum Gasteiger partial charge on any atom is -0.378 e. The maximum Gasteiger partial charge on any atom is 0.416 e. The van der Waals surface area contributed by atoms with Gasteiger partial charge in [-0.05, 0) is 59.1 Å². The van der Waals surface area contributed by atoms with Gasteiger partial charge in [0.05, 0.1) is 5.56 Å². The molecule has 0 aliphatic rings. The van der Waals surface area contributed by atoms with Gasteiger partial charge >= 0.3 is 6.18 Å². The quantitative estimate of drug-likeness (QED) is 0.715. The number of aryl methyl sites for hydroxylation is 1. The first-order valence-corrected chi connectivity index (χ1v) is 7.27. The molecule has 1 nitrogen and oxygen atoms in total. The van der Waals surface area contributed by atoms with Crippen LogP contribution in [0.2, 0.25) is 0 Å². The average molecular weight is 358 g/mol. The summed E-state index contributed by atoms with van der Waals surface area (Å²) in [5, 5.41) is 3.23. The molecule has 0 fully saturated rings. The Labute approximate surface area is 130 Å². The number of benzene rings is 2. The smallest absolute Gasteiger partial charge is 0.378 e. The fraction of sp³-hybridized carbons (Fsp3) is 0.250. The number of alkyl halides is 3. The minimum absolute atomic E-state index is 0.000707. The Balaban J connectivity index is 2.23. The van der Waals surface area contributed by atoms with Gasteiger partial charge in [0.25, 0.3) is 0 Å². The fourth-order valence-electron chi connectivity index (χ4n) is 2.19. The summed E-state index contributed by atoms with van der Waals surface area (Å²) in [5.41, 5.74) is 2.23. The molecule has 2 aromatic rings. The summed E-state index contributed by atoms with van der Waals surface area (Å²) in [5.74, 6) is 0. The van der Waals surface area contributed by atoms with Crippen molar-refractivity contribution in [3.63, 3.8) is 0 Å².